The van der Waals surface area contributed by atoms with E-state index in [2.05, 4.69) is 6.58 Å². The van der Waals surface area contributed by atoms with Crippen molar-refractivity contribution >= 4 is 15.9 Å². The number of benzene rings is 1. The zero-order valence-electron chi connectivity index (χ0n) is 10.7. The van der Waals surface area contributed by atoms with Crippen molar-refractivity contribution in [3.05, 3.63) is 41.7 Å². The molecular formula is C12H15FN2O3S. The second-order valence-corrected chi connectivity index (χ2v) is 5.83. The minimum Gasteiger partial charge on any atom is -0.338 e. The molecule has 104 valence electrons. The fourth-order valence-corrected chi connectivity index (χ4v) is 2.31. The maximum Gasteiger partial charge on any atom is 0.255 e. The van der Waals surface area contributed by atoms with E-state index in [1.807, 2.05) is 0 Å². The number of primary sulfonamides is 1. The predicted molar refractivity (Wildman–Crippen MR) is 69.5 cm³/mol. The molecule has 0 aromatic heterocycles. The lowest BCUT2D eigenvalue weighted by molar-refractivity contribution is 0.0802. The third-order valence-electron chi connectivity index (χ3n) is 2.33. The number of carbonyl (C=O) groups is 1. The minimum absolute atomic E-state index is 0.236. The highest BCUT2D eigenvalue weighted by Crippen LogP contribution is 2.17. The van der Waals surface area contributed by atoms with Crippen molar-refractivity contribution in [2.75, 3.05) is 13.6 Å². The van der Waals surface area contributed by atoms with Gasteiger partial charge in [-0.15, -0.1) is 0 Å². The van der Waals surface area contributed by atoms with Crippen molar-refractivity contribution in [3.63, 3.8) is 0 Å². The van der Waals surface area contributed by atoms with Crippen molar-refractivity contribution in [3.8, 4) is 0 Å². The Morgan fingerprint density at radius 3 is 2.53 bits per heavy atom. The quantitative estimate of drug-likeness (QED) is 0.842. The summed E-state index contributed by atoms with van der Waals surface area (Å²) >= 11 is 0. The molecule has 0 aliphatic rings. The van der Waals surface area contributed by atoms with Gasteiger partial charge in [0.15, 0.2) is 0 Å². The zero-order valence-corrected chi connectivity index (χ0v) is 11.5. The molecule has 5 nitrogen and oxygen atoms in total. The van der Waals surface area contributed by atoms with Crippen LogP contribution in [0.2, 0.25) is 0 Å². The van der Waals surface area contributed by atoms with Crippen LogP contribution in [0.15, 0.2) is 35.2 Å². The molecule has 7 heteroatoms. The fourth-order valence-electron chi connectivity index (χ4n) is 1.60. The van der Waals surface area contributed by atoms with Crippen LogP contribution in [0.3, 0.4) is 0 Å². The topological polar surface area (TPSA) is 80.5 Å². The number of nitrogens with zero attached hydrogens (tertiary/aromatic N) is 1. The second-order valence-electron chi connectivity index (χ2n) is 4.30. The van der Waals surface area contributed by atoms with E-state index in [1.165, 1.54) is 11.9 Å². The van der Waals surface area contributed by atoms with E-state index in [0.29, 0.717) is 5.57 Å². The summed E-state index contributed by atoms with van der Waals surface area (Å²) in [6, 6.07) is 2.78. The van der Waals surface area contributed by atoms with Gasteiger partial charge < -0.3 is 4.90 Å². The first-order valence-corrected chi connectivity index (χ1v) is 6.89. The summed E-state index contributed by atoms with van der Waals surface area (Å²) in [5.41, 5.74) is 0.427. The summed E-state index contributed by atoms with van der Waals surface area (Å²) in [6.45, 7) is 5.60. The van der Waals surface area contributed by atoms with E-state index in [4.69, 9.17) is 5.14 Å². The first-order valence-electron chi connectivity index (χ1n) is 5.35. The molecule has 1 aromatic rings. The average molecular weight is 286 g/mol. The number of rotatable bonds is 4. The van der Waals surface area contributed by atoms with E-state index in [1.54, 1.807) is 6.92 Å². The highest BCUT2D eigenvalue weighted by Gasteiger charge is 2.22. The number of carbonyl (C=O) groups excluding carboxylic acids is 1. The van der Waals surface area contributed by atoms with Crippen LogP contribution in [-0.4, -0.2) is 32.8 Å². The molecule has 19 heavy (non-hydrogen) atoms. The number of sulfonamides is 1. The van der Waals surface area contributed by atoms with Crippen LogP contribution < -0.4 is 5.14 Å². The molecule has 1 amide bonds. The van der Waals surface area contributed by atoms with Gasteiger partial charge in [-0.3, -0.25) is 4.79 Å². The smallest absolute Gasteiger partial charge is 0.255 e. The molecule has 0 aliphatic heterocycles. The van der Waals surface area contributed by atoms with E-state index in [9.17, 15) is 17.6 Å². The van der Waals surface area contributed by atoms with Gasteiger partial charge in [0.2, 0.25) is 10.0 Å². The van der Waals surface area contributed by atoms with Gasteiger partial charge in [-0.25, -0.2) is 17.9 Å². The Kier molecular flexibility index (Phi) is 4.43. The Morgan fingerprint density at radius 1 is 1.47 bits per heavy atom. The number of likely N-dealkylation sites (N-methyl/N-ethyl adjacent to an activating group) is 1. The molecule has 0 unspecified atom stereocenters. The fraction of sp³-hybridized carbons (Fsp3) is 0.250. The third kappa shape index (κ3) is 3.87. The number of nitrogens with two attached hydrogens (primary N) is 1. The standard InChI is InChI=1S/C12H15FN2O3S/c1-8(2)7-15(3)12(16)10-6-9(13)4-5-11(10)19(14,17)18/h4-6H,1,7H2,2-3H3,(H2,14,17,18). The lowest BCUT2D eigenvalue weighted by Crippen LogP contribution is -2.30. The molecule has 1 aromatic carbocycles. The Balaban J connectivity index is 3.29. The first-order chi connectivity index (χ1) is 8.62. The van der Waals surface area contributed by atoms with Crippen LogP contribution in [0.25, 0.3) is 0 Å². The summed E-state index contributed by atoms with van der Waals surface area (Å²) in [7, 11) is -2.63. The number of hydrogen-bond acceptors (Lipinski definition) is 3. The zero-order chi connectivity index (χ0) is 14.8. The van der Waals surface area contributed by atoms with Crippen molar-refractivity contribution < 1.29 is 17.6 Å². The molecular weight excluding hydrogens is 271 g/mol. The molecule has 0 spiro atoms. The van der Waals surface area contributed by atoms with Crippen LogP contribution in [0.4, 0.5) is 4.39 Å². The molecule has 2 N–H and O–H groups in total. The van der Waals surface area contributed by atoms with Gasteiger partial charge >= 0.3 is 0 Å². The van der Waals surface area contributed by atoms with Crippen molar-refractivity contribution in [2.45, 2.75) is 11.8 Å². The minimum atomic E-state index is -4.09. The van der Waals surface area contributed by atoms with Gasteiger partial charge in [0.25, 0.3) is 5.91 Å². The van der Waals surface area contributed by atoms with Gasteiger partial charge in [0.1, 0.15) is 5.82 Å². The molecule has 0 saturated carbocycles. The lowest BCUT2D eigenvalue weighted by atomic mass is 10.2. The summed E-state index contributed by atoms with van der Waals surface area (Å²) < 4.78 is 36.0. The molecule has 0 radical (unpaired) electrons. The van der Waals surface area contributed by atoms with E-state index in [0.717, 1.165) is 18.2 Å². The highest BCUT2D eigenvalue weighted by atomic mass is 32.2. The van der Waals surface area contributed by atoms with Crippen molar-refractivity contribution in [1.29, 1.82) is 0 Å². The maximum atomic E-state index is 13.2. The molecule has 0 aliphatic carbocycles. The Morgan fingerprint density at radius 2 is 2.05 bits per heavy atom. The number of hydrogen-bond donors (Lipinski definition) is 1. The average Bonchev–Trinajstić information content (AvgIpc) is 2.25. The third-order valence-corrected chi connectivity index (χ3v) is 3.30. The summed E-state index contributed by atoms with van der Waals surface area (Å²) in [5, 5.41) is 5.01. The molecule has 0 heterocycles. The Labute approximate surface area is 111 Å². The Bertz CT molecular complexity index is 626. The van der Waals surface area contributed by atoms with Crippen LogP contribution in [0.5, 0.6) is 0 Å². The van der Waals surface area contributed by atoms with Crippen LogP contribution in [0.1, 0.15) is 17.3 Å². The lowest BCUT2D eigenvalue weighted by Gasteiger charge is -2.18. The monoisotopic (exact) mass is 286 g/mol. The maximum absolute atomic E-state index is 13.2. The number of halogens is 1. The molecule has 0 atom stereocenters. The van der Waals surface area contributed by atoms with Crippen LogP contribution in [0, 0.1) is 5.82 Å². The first kappa shape index (κ1) is 15.3. The molecule has 1 rings (SSSR count). The summed E-state index contributed by atoms with van der Waals surface area (Å²) in [6.07, 6.45) is 0. The second kappa shape index (κ2) is 5.50. The van der Waals surface area contributed by atoms with Gasteiger partial charge in [-0.05, 0) is 25.1 Å². The molecule has 0 bridgehead atoms. The van der Waals surface area contributed by atoms with Gasteiger partial charge in [0, 0.05) is 13.6 Å². The van der Waals surface area contributed by atoms with E-state index in [-0.39, 0.29) is 12.1 Å². The van der Waals surface area contributed by atoms with E-state index >= 15 is 0 Å². The summed E-state index contributed by atoms with van der Waals surface area (Å²) in [5.74, 6) is -1.34. The highest BCUT2D eigenvalue weighted by molar-refractivity contribution is 7.89. The van der Waals surface area contributed by atoms with Gasteiger partial charge in [-0.1, -0.05) is 12.2 Å². The SMILES string of the molecule is C=C(C)CN(C)C(=O)c1cc(F)ccc1S(N)(=O)=O. The van der Waals surface area contributed by atoms with Gasteiger partial charge in [0.05, 0.1) is 10.5 Å². The number of amides is 1. The van der Waals surface area contributed by atoms with Crippen molar-refractivity contribution in [2.24, 2.45) is 5.14 Å². The molecule has 0 fully saturated rings. The van der Waals surface area contributed by atoms with E-state index < -0.39 is 26.6 Å². The van der Waals surface area contributed by atoms with Crippen LogP contribution >= 0.6 is 0 Å². The predicted octanol–water partition coefficient (Wildman–Crippen LogP) is 1.12. The molecule has 0 saturated heterocycles. The summed E-state index contributed by atoms with van der Waals surface area (Å²) in [4.78, 5) is 12.9. The van der Waals surface area contributed by atoms with Crippen LogP contribution in [-0.2, 0) is 10.0 Å². The van der Waals surface area contributed by atoms with Crippen molar-refractivity contribution in [1.82, 2.24) is 4.90 Å². The Hall–Kier alpha value is -1.73. The largest absolute Gasteiger partial charge is 0.338 e. The normalized spacial score (nSPS) is 11.2. The van der Waals surface area contributed by atoms with Gasteiger partial charge in [-0.2, -0.15) is 0 Å².